The maximum absolute atomic E-state index is 12.4. The third kappa shape index (κ3) is 5.54. The summed E-state index contributed by atoms with van der Waals surface area (Å²) in [5, 5.41) is 1.19. The second-order valence-corrected chi connectivity index (χ2v) is 10.1. The van der Waals surface area contributed by atoms with E-state index in [0.717, 1.165) is 29.8 Å². The average molecular weight is 478 g/mol. The fourth-order valence-electron chi connectivity index (χ4n) is 3.39. The minimum Gasteiger partial charge on any atom is -0.301 e. The molecule has 0 saturated carbocycles. The van der Waals surface area contributed by atoms with Crippen molar-refractivity contribution in [1.82, 2.24) is 9.62 Å². The third-order valence-corrected chi connectivity index (χ3v) is 7.12. The van der Waals surface area contributed by atoms with Gasteiger partial charge in [0, 0.05) is 40.2 Å². The highest BCUT2D eigenvalue weighted by atomic mass is 35.5. The monoisotopic (exact) mass is 477 g/mol. The van der Waals surface area contributed by atoms with Crippen LogP contribution in [-0.4, -0.2) is 45.0 Å². The predicted octanol–water partition coefficient (Wildman–Crippen LogP) is 3.52. The van der Waals surface area contributed by atoms with Crippen molar-refractivity contribution in [2.75, 3.05) is 26.7 Å². The number of benzene rings is 2. The van der Waals surface area contributed by atoms with Crippen molar-refractivity contribution in [2.45, 2.75) is 17.4 Å². The predicted molar refractivity (Wildman–Crippen MR) is 112 cm³/mol. The van der Waals surface area contributed by atoms with Gasteiger partial charge in [-0.15, -0.1) is 9.42 Å². The summed E-state index contributed by atoms with van der Waals surface area (Å²) in [7, 11) is -4.50. The molecule has 2 aromatic carbocycles. The van der Waals surface area contributed by atoms with E-state index in [1.807, 2.05) is 13.1 Å². The summed E-state index contributed by atoms with van der Waals surface area (Å²) < 4.78 is 42.0. The zero-order valence-corrected chi connectivity index (χ0v) is 18.7. The lowest BCUT2D eigenvalue weighted by atomic mass is 9.85. The van der Waals surface area contributed by atoms with Crippen molar-refractivity contribution in [3.05, 3.63) is 63.1 Å². The highest BCUT2D eigenvalue weighted by Crippen LogP contribution is 2.38. The van der Waals surface area contributed by atoms with Gasteiger partial charge in [0.25, 0.3) is 0 Å². The van der Waals surface area contributed by atoms with Gasteiger partial charge in [-0.1, -0.05) is 35.3 Å². The number of rotatable bonds is 7. The van der Waals surface area contributed by atoms with Crippen molar-refractivity contribution in [3.63, 3.8) is 0 Å². The van der Waals surface area contributed by atoms with Gasteiger partial charge in [0.1, 0.15) is 6.61 Å². The normalized spacial score (nSPS) is 17.8. The third-order valence-electron chi connectivity index (χ3n) is 4.68. The largest absolute Gasteiger partial charge is 0.694 e. The SMILES string of the molecule is CN1Cc2c(Cl)cc(Cl)cc2C(c2ccc(S(=O)(=O)NCCO[P+](=O)O)cc2)C1. The van der Waals surface area contributed by atoms with Gasteiger partial charge in [-0.2, -0.15) is 0 Å². The molecule has 0 saturated heterocycles. The first-order valence-electron chi connectivity index (χ1n) is 8.72. The molecule has 0 aliphatic carbocycles. The summed E-state index contributed by atoms with van der Waals surface area (Å²) in [6, 6.07) is 10.3. The first-order valence-corrected chi connectivity index (χ1v) is 12.1. The summed E-state index contributed by atoms with van der Waals surface area (Å²) in [6.45, 7) is 1.17. The molecule has 0 fully saturated rings. The maximum Gasteiger partial charge on any atom is 0.694 e. The van der Waals surface area contributed by atoms with Gasteiger partial charge in [0.15, 0.2) is 0 Å². The Bertz CT molecular complexity index is 1020. The molecule has 2 atom stereocenters. The Hall–Kier alpha value is -1.09. The van der Waals surface area contributed by atoms with E-state index in [1.54, 1.807) is 18.2 Å². The number of nitrogens with zero attached hydrogens (tertiary/aromatic N) is 1. The number of hydrogen-bond donors (Lipinski definition) is 2. The second kappa shape index (κ2) is 9.37. The van der Waals surface area contributed by atoms with Crippen molar-refractivity contribution >= 4 is 41.5 Å². The minimum absolute atomic E-state index is 0.0129. The van der Waals surface area contributed by atoms with Crippen LogP contribution in [0, 0.1) is 0 Å². The molecule has 1 aliphatic heterocycles. The van der Waals surface area contributed by atoms with Crippen molar-refractivity contribution < 1.29 is 22.4 Å². The summed E-state index contributed by atoms with van der Waals surface area (Å²) in [4.78, 5) is 10.8. The summed E-state index contributed by atoms with van der Waals surface area (Å²) in [6.07, 6.45) is 0. The van der Waals surface area contributed by atoms with Crippen molar-refractivity contribution in [2.24, 2.45) is 0 Å². The van der Waals surface area contributed by atoms with E-state index in [1.165, 1.54) is 12.1 Å². The number of hydrogen-bond acceptors (Lipinski definition) is 5. The Morgan fingerprint density at radius 2 is 1.97 bits per heavy atom. The van der Waals surface area contributed by atoms with Crippen LogP contribution in [0.4, 0.5) is 0 Å². The average Bonchev–Trinajstić information content (AvgIpc) is 2.65. The number of halogens is 2. The quantitative estimate of drug-likeness (QED) is 0.467. The minimum atomic E-state index is -3.75. The van der Waals surface area contributed by atoms with Gasteiger partial charge in [-0.05, 0) is 48.0 Å². The first kappa shape index (κ1) is 22.6. The zero-order valence-electron chi connectivity index (χ0n) is 15.5. The van der Waals surface area contributed by atoms with Crippen LogP contribution in [0.15, 0.2) is 41.3 Å². The molecule has 7 nitrogen and oxygen atoms in total. The standard InChI is InChI=1S/C18H19Cl2N2O5PS/c1-22-10-16(15-8-13(19)9-18(20)17(15)11-22)12-2-4-14(5-3-12)29(25,26)21-6-7-27-28(23)24/h2-5,8-9,16,21H,6-7,10-11H2,1H3/p+1. The molecule has 3 rings (SSSR count). The molecule has 2 N–H and O–H groups in total. The Morgan fingerprint density at radius 1 is 1.28 bits per heavy atom. The molecule has 156 valence electrons. The molecular formula is C18H20Cl2N2O5PS+. The van der Waals surface area contributed by atoms with Crippen molar-refractivity contribution in [1.29, 1.82) is 0 Å². The lowest BCUT2D eigenvalue weighted by molar-refractivity contribution is 0.286. The maximum atomic E-state index is 12.4. The van der Waals surface area contributed by atoms with Gasteiger partial charge in [-0.3, -0.25) is 0 Å². The molecule has 0 radical (unpaired) electrons. The van der Waals surface area contributed by atoms with E-state index in [9.17, 15) is 13.0 Å². The molecule has 0 spiro atoms. The molecule has 0 bridgehead atoms. The summed E-state index contributed by atoms with van der Waals surface area (Å²) in [5.74, 6) is 0.0129. The Labute approximate surface area is 180 Å². The molecule has 11 heteroatoms. The smallest absolute Gasteiger partial charge is 0.301 e. The van der Waals surface area contributed by atoms with Crippen LogP contribution < -0.4 is 4.72 Å². The number of nitrogens with one attached hydrogen (secondary N) is 1. The van der Waals surface area contributed by atoms with Gasteiger partial charge >= 0.3 is 8.25 Å². The van der Waals surface area contributed by atoms with Crippen LogP contribution >= 0.6 is 31.5 Å². The van der Waals surface area contributed by atoms with Gasteiger partial charge in [0.05, 0.1) is 4.90 Å². The molecule has 1 heterocycles. The van der Waals surface area contributed by atoms with E-state index < -0.39 is 18.3 Å². The molecule has 0 amide bonds. The van der Waals surface area contributed by atoms with Crippen LogP contribution in [0.3, 0.4) is 0 Å². The topological polar surface area (TPSA) is 95.9 Å². The molecule has 1 aliphatic rings. The number of likely N-dealkylation sites (N-methyl/N-ethyl adjacent to an activating group) is 1. The molecule has 0 aromatic heterocycles. The molecule has 29 heavy (non-hydrogen) atoms. The van der Waals surface area contributed by atoms with Crippen LogP contribution in [0.25, 0.3) is 0 Å². The Morgan fingerprint density at radius 3 is 2.62 bits per heavy atom. The number of sulfonamides is 1. The lowest BCUT2D eigenvalue weighted by Gasteiger charge is -2.33. The van der Waals surface area contributed by atoms with E-state index in [-0.39, 0.29) is 24.0 Å². The highest BCUT2D eigenvalue weighted by molar-refractivity contribution is 7.89. The van der Waals surface area contributed by atoms with Crippen LogP contribution in [0.2, 0.25) is 10.0 Å². The van der Waals surface area contributed by atoms with E-state index >= 15 is 0 Å². The van der Waals surface area contributed by atoms with Gasteiger partial charge < -0.3 is 4.90 Å². The van der Waals surface area contributed by atoms with E-state index in [0.29, 0.717) is 10.0 Å². The van der Waals surface area contributed by atoms with Gasteiger partial charge in [0.2, 0.25) is 10.0 Å². The van der Waals surface area contributed by atoms with E-state index in [2.05, 4.69) is 14.1 Å². The molecule has 2 unspecified atom stereocenters. The Kier molecular flexibility index (Phi) is 7.30. The molecule has 2 aromatic rings. The summed E-state index contributed by atoms with van der Waals surface area (Å²) in [5.41, 5.74) is 3.02. The molecular weight excluding hydrogens is 458 g/mol. The first-order chi connectivity index (χ1) is 13.7. The van der Waals surface area contributed by atoms with Crippen LogP contribution in [-0.2, 0) is 25.7 Å². The summed E-state index contributed by atoms with van der Waals surface area (Å²) >= 11 is 12.6. The fourth-order valence-corrected chi connectivity index (χ4v) is 5.22. The Balaban J connectivity index is 1.81. The second-order valence-electron chi connectivity index (χ2n) is 6.74. The van der Waals surface area contributed by atoms with Crippen LogP contribution in [0.5, 0.6) is 0 Å². The fraction of sp³-hybridized carbons (Fsp3) is 0.333. The number of fused-ring (bicyclic) bond motifs is 1. The zero-order chi connectivity index (χ0) is 21.2. The highest BCUT2D eigenvalue weighted by Gasteiger charge is 2.27. The van der Waals surface area contributed by atoms with Crippen LogP contribution in [0.1, 0.15) is 22.6 Å². The lowest BCUT2D eigenvalue weighted by Crippen LogP contribution is -2.31. The van der Waals surface area contributed by atoms with Crippen molar-refractivity contribution in [3.8, 4) is 0 Å². The van der Waals surface area contributed by atoms with E-state index in [4.69, 9.17) is 28.1 Å². The van der Waals surface area contributed by atoms with Gasteiger partial charge in [-0.25, -0.2) is 13.1 Å².